The molecule has 0 fully saturated rings. The van der Waals surface area contributed by atoms with Crippen molar-refractivity contribution in [3.05, 3.63) is 158 Å². The number of benzene rings is 7. The van der Waals surface area contributed by atoms with Crippen LogP contribution in [-0.4, -0.2) is 19.1 Å². The predicted octanol–water partition coefficient (Wildman–Crippen LogP) is 11.4. The van der Waals surface area contributed by atoms with Crippen molar-refractivity contribution in [2.75, 3.05) is 0 Å². The van der Waals surface area contributed by atoms with Gasteiger partial charge in [0.1, 0.15) is 5.58 Å². The molecule has 5 heteroatoms. The molecule has 0 unspecified atom stereocenters. The highest BCUT2D eigenvalue weighted by Crippen LogP contribution is 2.47. The average Bonchev–Trinajstić information content (AvgIpc) is 3.83. The monoisotopic (exact) mass is 626 g/mol. The first-order valence-electron chi connectivity index (χ1n) is 16.5. The van der Waals surface area contributed by atoms with E-state index in [1.54, 1.807) is 0 Å². The van der Waals surface area contributed by atoms with Crippen LogP contribution in [0.15, 0.2) is 162 Å². The number of fused-ring (bicyclic) bond motifs is 13. The third-order valence-electron chi connectivity index (χ3n) is 9.93. The second-order valence-corrected chi connectivity index (χ2v) is 12.6. The van der Waals surface area contributed by atoms with Crippen LogP contribution in [0.3, 0.4) is 0 Å². The summed E-state index contributed by atoms with van der Waals surface area (Å²) in [6.07, 6.45) is 0. The average molecular weight is 627 g/mol. The van der Waals surface area contributed by atoms with Crippen molar-refractivity contribution >= 4 is 76.5 Å². The summed E-state index contributed by atoms with van der Waals surface area (Å²) in [6.45, 7) is 0. The molecule has 0 aliphatic rings. The van der Waals surface area contributed by atoms with E-state index < -0.39 is 0 Å². The van der Waals surface area contributed by atoms with Gasteiger partial charge in [-0.2, -0.15) is 4.98 Å². The second-order valence-electron chi connectivity index (χ2n) is 12.6. The van der Waals surface area contributed by atoms with Crippen molar-refractivity contribution in [3.8, 4) is 22.9 Å². The number of rotatable bonds is 3. The number of para-hydroxylation sites is 4. The Morgan fingerprint density at radius 3 is 1.59 bits per heavy atom. The topological polar surface area (TPSA) is 48.8 Å². The zero-order chi connectivity index (χ0) is 32.1. The van der Waals surface area contributed by atoms with Crippen LogP contribution in [0.2, 0.25) is 0 Å². The van der Waals surface area contributed by atoms with Crippen LogP contribution in [-0.2, 0) is 0 Å². The quantitative estimate of drug-likeness (QED) is 0.196. The maximum Gasteiger partial charge on any atom is 0.238 e. The molecule has 7 aromatic carbocycles. The van der Waals surface area contributed by atoms with E-state index in [-0.39, 0.29) is 0 Å². The molecule has 49 heavy (non-hydrogen) atoms. The van der Waals surface area contributed by atoms with Gasteiger partial charge in [0.15, 0.2) is 0 Å². The van der Waals surface area contributed by atoms with Gasteiger partial charge >= 0.3 is 0 Å². The van der Waals surface area contributed by atoms with Crippen LogP contribution in [0.5, 0.6) is 0 Å². The highest BCUT2D eigenvalue weighted by molar-refractivity contribution is 6.36. The summed E-state index contributed by atoms with van der Waals surface area (Å²) in [5.74, 6) is 0.568. The third-order valence-corrected chi connectivity index (χ3v) is 9.93. The first-order chi connectivity index (χ1) is 24.3. The fourth-order valence-corrected chi connectivity index (χ4v) is 7.96. The van der Waals surface area contributed by atoms with Crippen LogP contribution < -0.4 is 0 Å². The van der Waals surface area contributed by atoms with Gasteiger partial charge in [-0.05, 0) is 41.1 Å². The molecule has 0 spiro atoms. The molecule has 0 N–H and O–H groups in total. The number of aromatic nitrogens is 4. The summed E-state index contributed by atoms with van der Waals surface area (Å²) < 4.78 is 11.2. The molecule has 228 valence electrons. The van der Waals surface area contributed by atoms with E-state index in [0.29, 0.717) is 11.7 Å². The minimum atomic E-state index is 0.566. The van der Waals surface area contributed by atoms with Gasteiger partial charge in [-0.25, -0.2) is 4.98 Å². The van der Waals surface area contributed by atoms with Gasteiger partial charge in [0.25, 0.3) is 0 Å². The summed E-state index contributed by atoms with van der Waals surface area (Å²) in [4.78, 5) is 10.7. The molecular formula is C44H26N4O. The van der Waals surface area contributed by atoms with Crippen molar-refractivity contribution in [3.63, 3.8) is 0 Å². The standard InChI is InChI=1S/C44H26N4O/c1-3-15-27(16-4-1)40-39-33-23-11-14-26-36(33)49-43(39)46-44(45-40)48-35-25-13-10-22-32(35)38-30-20-8-7-19-29(30)37-31-21-9-12-24-34(31)47(41(37)42(38)48)28-17-5-2-6-18-28/h1-26H. The Labute approximate surface area is 279 Å². The molecular weight excluding hydrogens is 601 g/mol. The molecule has 4 aromatic heterocycles. The van der Waals surface area contributed by atoms with Crippen LogP contribution in [0, 0.1) is 0 Å². The first-order valence-corrected chi connectivity index (χ1v) is 16.5. The van der Waals surface area contributed by atoms with Crippen molar-refractivity contribution in [1.29, 1.82) is 0 Å². The number of furan rings is 1. The Balaban J connectivity index is 1.42. The zero-order valence-electron chi connectivity index (χ0n) is 26.2. The Kier molecular flexibility index (Phi) is 5.32. The van der Waals surface area contributed by atoms with E-state index in [0.717, 1.165) is 60.8 Å². The van der Waals surface area contributed by atoms with Gasteiger partial charge in [-0.1, -0.05) is 127 Å². The lowest BCUT2D eigenvalue weighted by atomic mass is 9.98. The van der Waals surface area contributed by atoms with Crippen molar-refractivity contribution in [1.82, 2.24) is 19.1 Å². The second kappa shape index (κ2) is 9.89. The van der Waals surface area contributed by atoms with Crippen LogP contribution in [0.4, 0.5) is 0 Å². The molecule has 0 saturated carbocycles. The number of nitrogens with zero attached hydrogens (tertiary/aromatic N) is 4. The Hall–Kier alpha value is -6.72. The maximum atomic E-state index is 6.51. The van der Waals surface area contributed by atoms with Gasteiger partial charge in [0.05, 0.1) is 33.1 Å². The highest BCUT2D eigenvalue weighted by atomic mass is 16.3. The minimum Gasteiger partial charge on any atom is -0.437 e. The fourth-order valence-electron chi connectivity index (χ4n) is 7.96. The van der Waals surface area contributed by atoms with E-state index >= 15 is 0 Å². The van der Waals surface area contributed by atoms with Gasteiger partial charge in [0.2, 0.25) is 11.7 Å². The van der Waals surface area contributed by atoms with Crippen LogP contribution in [0.1, 0.15) is 0 Å². The number of hydrogen-bond acceptors (Lipinski definition) is 3. The first kappa shape index (κ1) is 26.4. The molecule has 5 nitrogen and oxygen atoms in total. The smallest absolute Gasteiger partial charge is 0.238 e. The molecule has 0 amide bonds. The minimum absolute atomic E-state index is 0.566. The van der Waals surface area contributed by atoms with Crippen molar-refractivity contribution < 1.29 is 4.42 Å². The van der Waals surface area contributed by atoms with Crippen molar-refractivity contribution in [2.24, 2.45) is 0 Å². The summed E-state index contributed by atoms with van der Waals surface area (Å²) >= 11 is 0. The van der Waals surface area contributed by atoms with Gasteiger partial charge in [-0.15, -0.1) is 0 Å². The molecule has 0 atom stereocenters. The number of hydrogen-bond donors (Lipinski definition) is 0. The summed E-state index contributed by atoms with van der Waals surface area (Å²) in [6, 6.07) is 55.3. The Morgan fingerprint density at radius 1 is 0.408 bits per heavy atom. The Morgan fingerprint density at radius 2 is 0.918 bits per heavy atom. The molecule has 0 radical (unpaired) electrons. The Bertz CT molecular complexity index is 3100. The highest BCUT2D eigenvalue weighted by Gasteiger charge is 2.26. The lowest BCUT2D eigenvalue weighted by molar-refractivity contribution is 0.651. The summed E-state index contributed by atoms with van der Waals surface area (Å²) in [7, 11) is 0. The largest absolute Gasteiger partial charge is 0.437 e. The van der Waals surface area contributed by atoms with E-state index in [9.17, 15) is 0 Å². The molecule has 0 aliphatic carbocycles. The fraction of sp³-hybridized carbons (Fsp3) is 0. The SMILES string of the molecule is c1ccc(-c2nc(-n3c4ccccc4c4c5ccccc5c5c6ccccc6n(-c6ccccc6)c5c43)nc3oc4ccccc4c23)cc1. The van der Waals surface area contributed by atoms with Gasteiger partial charge in [0, 0.05) is 38.2 Å². The van der Waals surface area contributed by atoms with Gasteiger partial charge in [-0.3, -0.25) is 4.57 Å². The lowest BCUT2D eigenvalue weighted by Gasteiger charge is -2.14. The van der Waals surface area contributed by atoms with Crippen molar-refractivity contribution in [2.45, 2.75) is 0 Å². The third kappa shape index (κ3) is 3.59. The van der Waals surface area contributed by atoms with Crippen LogP contribution in [0.25, 0.3) is 99.3 Å². The molecule has 11 rings (SSSR count). The molecule has 4 heterocycles. The van der Waals surface area contributed by atoms with E-state index in [1.807, 2.05) is 24.3 Å². The predicted molar refractivity (Wildman–Crippen MR) is 201 cm³/mol. The van der Waals surface area contributed by atoms with Gasteiger partial charge < -0.3 is 8.98 Å². The zero-order valence-corrected chi connectivity index (χ0v) is 26.2. The van der Waals surface area contributed by atoms with E-state index in [1.165, 1.54) is 26.9 Å². The molecule has 11 aromatic rings. The molecule has 0 saturated heterocycles. The lowest BCUT2D eigenvalue weighted by Crippen LogP contribution is -2.04. The van der Waals surface area contributed by atoms with E-state index in [2.05, 4.69) is 143 Å². The summed E-state index contributed by atoms with van der Waals surface area (Å²) in [5.41, 5.74) is 8.68. The molecule has 0 aliphatic heterocycles. The summed E-state index contributed by atoms with van der Waals surface area (Å²) in [5, 5.41) is 9.07. The maximum absolute atomic E-state index is 6.51. The van der Waals surface area contributed by atoms with E-state index in [4.69, 9.17) is 14.4 Å². The normalized spacial score (nSPS) is 12.1. The van der Waals surface area contributed by atoms with Crippen LogP contribution >= 0.6 is 0 Å². The molecule has 0 bridgehead atoms.